The van der Waals surface area contributed by atoms with Crippen LogP contribution in [0.4, 0.5) is 0 Å². The Bertz CT molecular complexity index is 530. The first-order valence-corrected chi connectivity index (χ1v) is 8.02. The number of aryl methyl sites for hydroxylation is 1. The molecule has 21 heavy (non-hydrogen) atoms. The molecule has 1 unspecified atom stereocenters. The predicted octanol–water partition coefficient (Wildman–Crippen LogP) is 3.67. The van der Waals surface area contributed by atoms with Crippen molar-refractivity contribution in [2.24, 2.45) is 0 Å². The summed E-state index contributed by atoms with van der Waals surface area (Å²) in [5, 5.41) is 3.54. The highest BCUT2D eigenvalue weighted by Gasteiger charge is 2.10. The molecule has 2 aromatic heterocycles. The number of hydrogen-bond acceptors (Lipinski definition) is 3. The fourth-order valence-corrected chi connectivity index (χ4v) is 2.50. The molecular weight excluding hydrogens is 260 g/mol. The van der Waals surface area contributed by atoms with Crippen molar-refractivity contribution in [2.45, 2.75) is 52.5 Å². The van der Waals surface area contributed by atoms with Crippen LogP contribution in [-0.4, -0.2) is 21.1 Å². The molecule has 0 amide bonds. The lowest BCUT2D eigenvalue weighted by atomic mass is 10.1. The van der Waals surface area contributed by atoms with Crippen LogP contribution >= 0.6 is 0 Å². The summed E-state index contributed by atoms with van der Waals surface area (Å²) in [7, 11) is 0. The van der Waals surface area contributed by atoms with Crippen molar-refractivity contribution < 1.29 is 0 Å². The maximum absolute atomic E-state index is 4.65. The van der Waals surface area contributed by atoms with Crippen molar-refractivity contribution in [1.29, 1.82) is 0 Å². The summed E-state index contributed by atoms with van der Waals surface area (Å²) in [6.45, 7) is 7.58. The molecule has 4 heteroatoms. The lowest BCUT2D eigenvalue weighted by Crippen LogP contribution is -2.22. The van der Waals surface area contributed by atoms with Gasteiger partial charge >= 0.3 is 0 Å². The van der Waals surface area contributed by atoms with Crippen molar-refractivity contribution in [3.63, 3.8) is 0 Å². The summed E-state index contributed by atoms with van der Waals surface area (Å²) < 4.78 is 2.13. The molecule has 0 saturated carbocycles. The van der Waals surface area contributed by atoms with E-state index in [9.17, 15) is 0 Å². The highest BCUT2D eigenvalue weighted by atomic mass is 15.1. The minimum atomic E-state index is 0.344. The first-order chi connectivity index (χ1) is 10.3. The van der Waals surface area contributed by atoms with Gasteiger partial charge in [-0.3, -0.25) is 4.98 Å². The van der Waals surface area contributed by atoms with E-state index in [0.717, 1.165) is 49.4 Å². The van der Waals surface area contributed by atoms with E-state index in [1.807, 2.05) is 18.6 Å². The molecule has 0 aliphatic heterocycles. The van der Waals surface area contributed by atoms with Crippen molar-refractivity contribution in [2.75, 3.05) is 6.54 Å². The second kappa shape index (κ2) is 7.93. The van der Waals surface area contributed by atoms with Crippen LogP contribution in [0.15, 0.2) is 30.7 Å². The average Bonchev–Trinajstić information content (AvgIpc) is 2.97. The quantitative estimate of drug-likeness (QED) is 0.805. The highest BCUT2D eigenvalue weighted by Crippen LogP contribution is 2.17. The zero-order chi connectivity index (χ0) is 15.1. The first kappa shape index (κ1) is 15.7. The Morgan fingerprint density at radius 2 is 2.00 bits per heavy atom. The van der Waals surface area contributed by atoms with Gasteiger partial charge in [-0.25, -0.2) is 4.98 Å². The Morgan fingerprint density at radius 3 is 2.62 bits per heavy atom. The molecule has 2 heterocycles. The molecule has 0 spiro atoms. The number of imidazole rings is 1. The molecule has 114 valence electrons. The van der Waals surface area contributed by atoms with Crippen molar-refractivity contribution in [1.82, 2.24) is 19.9 Å². The van der Waals surface area contributed by atoms with Gasteiger partial charge in [-0.15, -0.1) is 0 Å². The predicted molar refractivity (Wildman–Crippen MR) is 86.7 cm³/mol. The molecule has 0 aromatic carbocycles. The molecule has 0 aliphatic rings. The van der Waals surface area contributed by atoms with Gasteiger partial charge in [0.05, 0.1) is 17.6 Å². The second-order valence-corrected chi connectivity index (χ2v) is 5.32. The molecule has 2 rings (SSSR count). The normalized spacial score (nSPS) is 12.5. The van der Waals surface area contributed by atoms with Crippen molar-refractivity contribution in [3.05, 3.63) is 42.2 Å². The van der Waals surface area contributed by atoms with Crippen molar-refractivity contribution >= 4 is 0 Å². The summed E-state index contributed by atoms with van der Waals surface area (Å²) in [5.41, 5.74) is 2.21. The van der Waals surface area contributed by atoms with Crippen LogP contribution in [0.3, 0.4) is 0 Å². The van der Waals surface area contributed by atoms with Gasteiger partial charge in [0.25, 0.3) is 0 Å². The first-order valence-electron chi connectivity index (χ1n) is 8.02. The molecular formula is C17H26N4. The topological polar surface area (TPSA) is 42.7 Å². The summed E-state index contributed by atoms with van der Waals surface area (Å²) >= 11 is 0. The zero-order valence-corrected chi connectivity index (χ0v) is 13.3. The van der Waals surface area contributed by atoms with Gasteiger partial charge in [0.2, 0.25) is 0 Å². The standard InChI is InChI=1S/C17H26N4/c1-4-7-17-19-11-12-21(17)14-8-9-16(20-13-14)15(6-3)18-10-5-2/h8-9,11-13,15,18H,4-7,10H2,1-3H3. The number of pyridine rings is 1. The minimum Gasteiger partial charge on any atom is -0.309 e. The summed E-state index contributed by atoms with van der Waals surface area (Å²) in [6, 6.07) is 4.61. The lowest BCUT2D eigenvalue weighted by molar-refractivity contribution is 0.507. The molecule has 0 radical (unpaired) electrons. The third-order valence-corrected chi connectivity index (χ3v) is 3.65. The van der Waals surface area contributed by atoms with Gasteiger partial charge in [0.15, 0.2) is 0 Å². The number of aromatic nitrogens is 3. The Kier molecular flexibility index (Phi) is 5.93. The summed E-state index contributed by atoms with van der Waals surface area (Å²) in [6.07, 6.45) is 10.1. The fraction of sp³-hybridized carbons (Fsp3) is 0.529. The Labute approximate surface area is 127 Å². The maximum Gasteiger partial charge on any atom is 0.113 e. The largest absolute Gasteiger partial charge is 0.309 e. The molecule has 1 atom stereocenters. The van der Waals surface area contributed by atoms with E-state index in [2.05, 4.69) is 52.8 Å². The van der Waals surface area contributed by atoms with Crippen LogP contribution in [0.5, 0.6) is 0 Å². The molecule has 4 nitrogen and oxygen atoms in total. The van der Waals surface area contributed by atoms with Gasteiger partial charge in [0.1, 0.15) is 5.82 Å². The number of hydrogen-bond donors (Lipinski definition) is 1. The molecule has 0 saturated heterocycles. The van der Waals surface area contributed by atoms with Crippen LogP contribution < -0.4 is 5.32 Å². The molecule has 2 aromatic rings. The van der Waals surface area contributed by atoms with Gasteiger partial charge in [0, 0.05) is 24.9 Å². The molecule has 0 aliphatic carbocycles. The van der Waals surface area contributed by atoms with E-state index in [1.54, 1.807) is 0 Å². The average molecular weight is 286 g/mol. The maximum atomic E-state index is 4.65. The number of rotatable bonds is 8. The second-order valence-electron chi connectivity index (χ2n) is 5.32. The fourth-order valence-electron chi connectivity index (χ4n) is 2.50. The lowest BCUT2D eigenvalue weighted by Gasteiger charge is -2.16. The van der Waals surface area contributed by atoms with Gasteiger partial charge in [-0.05, 0) is 37.9 Å². The van der Waals surface area contributed by atoms with E-state index < -0.39 is 0 Å². The highest BCUT2D eigenvalue weighted by molar-refractivity contribution is 5.32. The van der Waals surface area contributed by atoms with E-state index >= 15 is 0 Å². The summed E-state index contributed by atoms with van der Waals surface area (Å²) in [5.74, 6) is 1.10. The molecule has 1 N–H and O–H groups in total. The van der Waals surface area contributed by atoms with Crippen LogP contribution in [0, 0.1) is 0 Å². The van der Waals surface area contributed by atoms with Crippen LogP contribution in [0.1, 0.15) is 57.6 Å². The third-order valence-electron chi connectivity index (χ3n) is 3.65. The van der Waals surface area contributed by atoms with Gasteiger partial charge in [-0.1, -0.05) is 20.8 Å². The summed E-state index contributed by atoms with van der Waals surface area (Å²) in [4.78, 5) is 9.07. The van der Waals surface area contributed by atoms with Gasteiger partial charge < -0.3 is 9.88 Å². The minimum absolute atomic E-state index is 0.344. The van der Waals surface area contributed by atoms with Crippen LogP contribution in [0.25, 0.3) is 5.69 Å². The number of nitrogens with one attached hydrogen (secondary N) is 1. The third kappa shape index (κ3) is 3.91. The zero-order valence-electron chi connectivity index (χ0n) is 13.3. The monoisotopic (exact) mass is 286 g/mol. The van der Waals surface area contributed by atoms with Crippen LogP contribution in [0.2, 0.25) is 0 Å². The van der Waals surface area contributed by atoms with Crippen molar-refractivity contribution in [3.8, 4) is 5.69 Å². The smallest absolute Gasteiger partial charge is 0.113 e. The Morgan fingerprint density at radius 1 is 1.14 bits per heavy atom. The SMILES string of the molecule is CCCNC(CC)c1ccc(-n2ccnc2CCC)cn1. The van der Waals surface area contributed by atoms with E-state index in [0.29, 0.717) is 6.04 Å². The van der Waals surface area contributed by atoms with E-state index in [4.69, 9.17) is 0 Å². The molecule has 0 bridgehead atoms. The Hall–Kier alpha value is -1.68. The van der Waals surface area contributed by atoms with E-state index in [1.165, 1.54) is 0 Å². The van der Waals surface area contributed by atoms with Gasteiger partial charge in [-0.2, -0.15) is 0 Å². The number of nitrogens with zero attached hydrogens (tertiary/aromatic N) is 3. The van der Waals surface area contributed by atoms with Crippen LogP contribution in [-0.2, 0) is 6.42 Å². The van der Waals surface area contributed by atoms with E-state index in [-0.39, 0.29) is 0 Å². The Balaban J connectivity index is 2.16. The molecule has 0 fully saturated rings.